The van der Waals surface area contributed by atoms with E-state index in [-0.39, 0.29) is 0 Å². The van der Waals surface area contributed by atoms with E-state index in [0.717, 1.165) is 13.1 Å². The summed E-state index contributed by atoms with van der Waals surface area (Å²) in [6, 6.07) is 15.8. The molecule has 0 amide bonds. The van der Waals surface area contributed by atoms with Gasteiger partial charge in [-0.1, -0.05) is 30.3 Å². The minimum atomic E-state index is 0.451. The highest BCUT2D eigenvalue weighted by Gasteiger charge is 2.25. The van der Waals surface area contributed by atoms with Gasteiger partial charge < -0.3 is 10.6 Å². The molecule has 2 nitrogen and oxygen atoms in total. The van der Waals surface area contributed by atoms with E-state index >= 15 is 0 Å². The molecule has 1 aliphatic heterocycles. The molecule has 22 heavy (non-hydrogen) atoms. The Morgan fingerprint density at radius 1 is 1.18 bits per heavy atom. The van der Waals surface area contributed by atoms with Crippen LogP contribution < -0.4 is 5.73 Å². The second-order valence-corrected chi connectivity index (χ2v) is 7.15. The minimum absolute atomic E-state index is 0.451. The first-order valence-electron chi connectivity index (χ1n) is 7.72. The molecule has 1 unspecified atom stereocenters. The molecular formula is C19H20N2S. The van der Waals surface area contributed by atoms with Crippen molar-refractivity contribution in [2.24, 2.45) is 5.73 Å². The zero-order chi connectivity index (χ0) is 15.1. The van der Waals surface area contributed by atoms with Crippen LogP contribution in [0, 0.1) is 0 Å². The van der Waals surface area contributed by atoms with Gasteiger partial charge in [-0.15, -0.1) is 11.3 Å². The monoisotopic (exact) mass is 308 g/mol. The Kier molecular flexibility index (Phi) is 3.49. The number of hydrogen-bond acceptors (Lipinski definition) is 3. The fourth-order valence-electron chi connectivity index (χ4n) is 3.50. The number of hydrogen-bond donors (Lipinski definition) is 1. The molecule has 0 bridgehead atoms. The SMILES string of the molecule is CN1Cc2cc(CN)ccc2C(c2ccc3ccsc3c2)C1. The lowest BCUT2D eigenvalue weighted by Crippen LogP contribution is -2.31. The lowest BCUT2D eigenvalue weighted by Gasteiger charge is -2.33. The Morgan fingerprint density at radius 2 is 2.09 bits per heavy atom. The standard InChI is InChI=1S/C19H20N2S/c1-21-11-16-8-13(10-20)2-5-17(16)18(12-21)15-4-3-14-6-7-22-19(14)9-15/h2-9,18H,10-12,20H2,1H3. The lowest BCUT2D eigenvalue weighted by molar-refractivity contribution is 0.295. The van der Waals surface area contributed by atoms with Crippen LogP contribution in [0.1, 0.15) is 28.2 Å². The molecule has 0 saturated heterocycles. The average molecular weight is 308 g/mol. The predicted molar refractivity (Wildman–Crippen MR) is 94.3 cm³/mol. The highest BCUT2D eigenvalue weighted by Crippen LogP contribution is 2.35. The highest BCUT2D eigenvalue weighted by atomic mass is 32.1. The summed E-state index contributed by atoms with van der Waals surface area (Å²) < 4.78 is 1.38. The second kappa shape index (κ2) is 5.51. The number of nitrogens with zero attached hydrogens (tertiary/aromatic N) is 1. The quantitative estimate of drug-likeness (QED) is 0.777. The van der Waals surface area contributed by atoms with Gasteiger partial charge in [-0.2, -0.15) is 0 Å². The van der Waals surface area contributed by atoms with Crippen molar-refractivity contribution in [2.75, 3.05) is 13.6 Å². The second-order valence-electron chi connectivity index (χ2n) is 6.20. The van der Waals surface area contributed by atoms with Crippen LogP contribution in [0.15, 0.2) is 47.8 Å². The van der Waals surface area contributed by atoms with Gasteiger partial charge in [-0.05, 0) is 52.2 Å². The summed E-state index contributed by atoms with van der Waals surface area (Å²) in [5, 5.41) is 3.51. The molecule has 2 heterocycles. The van der Waals surface area contributed by atoms with E-state index in [9.17, 15) is 0 Å². The summed E-state index contributed by atoms with van der Waals surface area (Å²) in [5.41, 5.74) is 11.3. The first kappa shape index (κ1) is 13.9. The Bertz CT molecular complexity index is 821. The first-order valence-corrected chi connectivity index (χ1v) is 8.60. The summed E-state index contributed by atoms with van der Waals surface area (Å²) in [6.45, 7) is 2.70. The van der Waals surface area contributed by atoms with E-state index < -0.39 is 0 Å². The van der Waals surface area contributed by atoms with Crippen LogP contribution in [-0.4, -0.2) is 18.5 Å². The fourth-order valence-corrected chi connectivity index (χ4v) is 4.34. The third kappa shape index (κ3) is 2.35. The van der Waals surface area contributed by atoms with Gasteiger partial charge in [0, 0.05) is 30.3 Å². The molecular weight excluding hydrogens is 288 g/mol. The summed E-state index contributed by atoms with van der Waals surface area (Å²) >= 11 is 1.82. The third-order valence-electron chi connectivity index (χ3n) is 4.64. The van der Waals surface area contributed by atoms with Crippen molar-refractivity contribution in [3.63, 3.8) is 0 Å². The van der Waals surface area contributed by atoms with Gasteiger partial charge in [0.15, 0.2) is 0 Å². The van der Waals surface area contributed by atoms with Crippen LogP contribution in [0.25, 0.3) is 10.1 Å². The van der Waals surface area contributed by atoms with E-state index in [0.29, 0.717) is 12.5 Å². The molecule has 2 aromatic carbocycles. The average Bonchev–Trinajstić information content (AvgIpc) is 3.00. The van der Waals surface area contributed by atoms with Gasteiger partial charge >= 0.3 is 0 Å². The molecule has 3 heteroatoms. The number of likely N-dealkylation sites (N-methyl/N-ethyl adjacent to an activating group) is 1. The molecule has 0 saturated carbocycles. The smallest absolute Gasteiger partial charge is 0.0345 e. The molecule has 0 radical (unpaired) electrons. The van der Waals surface area contributed by atoms with Crippen molar-refractivity contribution in [2.45, 2.75) is 19.0 Å². The number of nitrogens with two attached hydrogens (primary N) is 1. The molecule has 0 aliphatic carbocycles. The van der Waals surface area contributed by atoms with Gasteiger partial charge in [-0.3, -0.25) is 0 Å². The molecule has 1 aromatic heterocycles. The van der Waals surface area contributed by atoms with Crippen LogP contribution in [0.5, 0.6) is 0 Å². The molecule has 3 aromatic rings. The van der Waals surface area contributed by atoms with Crippen LogP contribution in [0.4, 0.5) is 0 Å². The molecule has 1 atom stereocenters. The van der Waals surface area contributed by atoms with E-state index in [1.165, 1.54) is 32.3 Å². The van der Waals surface area contributed by atoms with Crippen LogP contribution in [0.2, 0.25) is 0 Å². The van der Waals surface area contributed by atoms with E-state index in [2.05, 4.69) is 59.8 Å². The van der Waals surface area contributed by atoms with E-state index in [1.54, 1.807) is 0 Å². The van der Waals surface area contributed by atoms with Crippen molar-refractivity contribution >= 4 is 21.4 Å². The van der Waals surface area contributed by atoms with E-state index in [1.807, 2.05) is 11.3 Å². The molecule has 2 N–H and O–H groups in total. The number of rotatable bonds is 2. The van der Waals surface area contributed by atoms with Gasteiger partial charge in [-0.25, -0.2) is 0 Å². The van der Waals surface area contributed by atoms with Crippen LogP contribution in [-0.2, 0) is 13.1 Å². The van der Waals surface area contributed by atoms with E-state index in [4.69, 9.17) is 5.73 Å². The number of fused-ring (bicyclic) bond motifs is 2. The van der Waals surface area contributed by atoms with Crippen LogP contribution in [0.3, 0.4) is 0 Å². The van der Waals surface area contributed by atoms with Crippen LogP contribution >= 0.6 is 11.3 Å². The minimum Gasteiger partial charge on any atom is -0.326 e. The number of thiophene rings is 1. The molecule has 0 fully saturated rings. The maximum Gasteiger partial charge on any atom is 0.0345 e. The Morgan fingerprint density at radius 3 is 2.95 bits per heavy atom. The zero-order valence-electron chi connectivity index (χ0n) is 12.8. The highest BCUT2D eigenvalue weighted by molar-refractivity contribution is 7.17. The first-order chi connectivity index (χ1) is 10.7. The van der Waals surface area contributed by atoms with Gasteiger partial charge in [0.2, 0.25) is 0 Å². The number of benzene rings is 2. The maximum absolute atomic E-state index is 5.80. The van der Waals surface area contributed by atoms with Gasteiger partial charge in [0.25, 0.3) is 0 Å². The molecule has 4 rings (SSSR count). The predicted octanol–water partition coefficient (Wildman–Crippen LogP) is 3.94. The zero-order valence-corrected chi connectivity index (χ0v) is 13.6. The molecule has 112 valence electrons. The Hall–Kier alpha value is -1.68. The molecule has 0 spiro atoms. The van der Waals surface area contributed by atoms with Crippen molar-refractivity contribution < 1.29 is 0 Å². The third-order valence-corrected chi connectivity index (χ3v) is 5.52. The molecule has 1 aliphatic rings. The van der Waals surface area contributed by atoms with Crippen molar-refractivity contribution in [1.82, 2.24) is 4.90 Å². The largest absolute Gasteiger partial charge is 0.326 e. The lowest BCUT2D eigenvalue weighted by atomic mass is 9.84. The Labute approximate surface area is 135 Å². The summed E-state index contributed by atoms with van der Waals surface area (Å²) in [7, 11) is 2.20. The van der Waals surface area contributed by atoms with Gasteiger partial charge in [0.1, 0.15) is 0 Å². The maximum atomic E-state index is 5.80. The van der Waals surface area contributed by atoms with Gasteiger partial charge in [0.05, 0.1) is 0 Å². The summed E-state index contributed by atoms with van der Waals surface area (Å²) in [4.78, 5) is 2.41. The van der Waals surface area contributed by atoms with Crippen molar-refractivity contribution in [1.29, 1.82) is 0 Å². The van der Waals surface area contributed by atoms with Crippen molar-refractivity contribution in [3.05, 3.63) is 70.1 Å². The summed E-state index contributed by atoms with van der Waals surface area (Å²) in [6.07, 6.45) is 0. The fraction of sp³-hybridized carbons (Fsp3) is 0.263. The normalized spacial score (nSPS) is 18.5. The van der Waals surface area contributed by atoms with Crippen molar-refractivity contribution in [3.8, 4) is 0 Å². The topological polar surface area (TPSA) is 29.3 Å². The Balaban J connectivity index is 1.81. The summed E-state index contributed by atoms with van der Waals surface area (Å²) in [5.74, 6) is 0.451.